The molecule has 0 radical (unpaired) electrons. The molecular weight excluding hydrogens is 360 g/mol. The quantitative estimate of drug-likeness (QED) is 0.581. The number of carbonyl (C=O) groups excluding carboxylic acids is 1. The summed E-state index contributed by atoms with van der Waals surface area (Å²) in [5.74, 6) is 0.863. The van der Waals surface area contributed by atoms with Crippen LogP contribution < -0.4 is 19.8 Å². The lowest BCUT2D eigenvalue weighted by Gasteiger charge is -2.17. The SMILES string of the molecule is CCOC(=O)Cn1c(-c2cc(OC)c(OC)cc2OC)cc(=O)[nH]c1=S. The van der Waals surface area contributed by atoms with E-state index < -0.39 is 11.5 Å². The molecule has 1 N–H and O–H groups in total. The number of rotatable bonds is 7. The fraction of sp³-hybridized carbons (Fsp3) is 0.353. The van der Waals surface area contributed by atoms with Gasteiger partial charge in [0.1, 0.15) is 12.3 Å². The third-order valence-corrected chi connectivity index (χ3v) is 3.93. The summed E-state index contributed by atoms with van der Waals surface area (Å²) in [7, 11) is 4.49. The van der Waals surface area contributed by atoms with Gasteiger partial charge in [-0.3, -0.25) is 14.6 Å². The largest absolute Gasteiger partial charge is 0.496 e. The molecule has 140 valence electrons. The number of aromatic nitrogens is 2. The van der Waals surface area contributed by atoms with E-state index in [9.17, 15) is 9.59 Å². The zero-order chi connectivity index (χ0) is 19.3. The standard InChI is InChI=1S/C17H20N2O6S/c1-5-25-16(21)9-19-11(7-15(20)18-17(19)26)10-6-13(23-3)14(24-4)8-12(10)22-2/h6-8H,5,9H2,1-4H3,(H,18,20,26). The molecule has 1 heterocycles. The molecule has 0 atom stereocenters. The molecule has 2 aromatic rings. The molecule has 0 aliphatic rings. The highest BCUT2D eigenvalue weighted by Crippen LogP contribution is 2.39. The Labute approximate surface area is 155 Å². The van der Waals surface area contributed by atoms with Crippen LogP contribution in [0.4, 0.5) is 0 Å². The summed E-state index contributed by atoms with van der Waals surface area (Å²) in [5.41, 5.74) is 0.512. The van der Waals surface area contributed by atoms with E-state index in [0.717, 1.165) is 0 Å². The summed E-state index contributed by atoms with van der Waals surface area (Å²) in [4.78, 5) is 26.4. The summed E-state index contributed by atoms with van der Waals surface area (Å²) in [5, 5.41) is 0. The van der Waals surface area contributed by atoms with Gasteiger partial charge in [-0.25, -0.2) is 0 Å². The van der Waals surface area contributed by atoms with Gasteiger partial charge in [-0.15, -0.1) is 0 Å². The van der Waals surface area contributed by atoms with Crippen molar-refractivity contribution in [2.24, 2.45) is 0 Å². The number of hydrogen-bond acceptors (Lipinski definition) is 7. The van der Waals surface area contributed by atoms with Gasteiger partial charge in [0.2, 0.25) is 0 Å². The monoisotopic (exact) mass is 380 g/mol. The Morgan fingerprint density at radius 2 is 1.69 bits per heavy atom. The van der Waals surface area contributed by atoms with Gasteiger partial charge in [0.15, 0.2) is 16.3 Å². The molecule has 0 aliphatic carbocycles. The Morgan fingerprint density at radius 3 is 2.27 bits per heavy atom. The maximum atomic E-state index is 12.0. The smallest absolute Gasteiger partial charge is 0.326 e. The molecule has 0 fully saturated rings. The average Bonchev–Trinajstić information content (AvgIpc) is 2.62. The number of methoxy groups -OCH3 is 3. The first-order chi connectivity index (χ1) is 12.4. The van der Waals surface area contributed by atoms with E-state index in [0.29, 0.717) is 28.5 Å². The van der Waals surface area contributed by atoms with E-state index >= 15 is 0 Å². The van der Waals surface area contributed by atoms with Gasteiger partial charge in [-0.05, 0) is 25.2 Å². The second-order valence-electron chi connectivity index (χ2n) is 5.12. The number of aromatic amines is 1. The van der Waals surface area contributed by atoms with Crippen LogP contribution in [-0.4, -0.2) is 43.5 Å². The van der Waals surface area contributed by atoms with Crippen LogP contribution in [0, 0.1) is 4.77 Å². The van der Waals surface area contributed by atoms with Crippen LogP contribution in [0.25, 0.3) is 11.3 Å². The van der Waals surface area contributed by atoms with E-state index in [4.69, 9.17) is 31.2 Å². The van der Waals surface area contributed by atoms with Crippen molar-refractivity contribution < 1.29 is 23.7 Å². The second kappa shape index (κ2) is 8.52. The van der Waals surface area contributed by atoms with Crippen LogP contribution in [0.3, 0.4) is 0 Å². The van der Waals surface area contributed by atoms with Gasteiger partial charge in [0.05, 0.1) is 33.6 Å². The zero-order valence-electron chi connectivity index (χ0n) is 15.0. The van der Waals surface area contributed by atoms with Gasteiger partial charge in [-0.1, -0.05) is 0 Å². The Balaban J connectivity index is 2.73. The first-order valence-corrected chi connectivity index (χ1v) is 8.16. The summed E-state index contributed by atoms with van der Waals surface area (Å²) < 4.78 is 22.6. The number of nitrogens with one attached hydrogen (secondary N) is 1. The summed E-state index contributed by atoms with van der Waals surface area (Å²) in [6, 6.07) is 4.62. The maximum Gasteiger partial charge on any atom is 0.326 e. The first kappa shape index (κ1) is 19.5. The molecule has 9 heteroatoms. The molecule has 26 heavy (non-hydrogen) atoms. The van der Waals surface area contributed by atoms with Gasteiger partial charge < -0.3 is 23.5 Å². The normalized spacial score (nSPS) is 10.3. The van der Waals surface area contributed by atoms with E-state index in [1.165, 1.54) is 32.0 Å². The van der Waals surface area contributed by atoms with Crippen LogP contribution in [0.1, 0.15) is 6.92 Å². The Hall–Kier alpha value is -2.81. The maximum absolute atomic E-state index is 12.0. The summed E-state index contributed by atoms with van der Waals surface area (Å²) in [6.45, 7) is 1.79. The Kier molecular flexibility index (Phi) is 6.40. The minimum absolute atomic E-state index is 0.0948. The van der Waals surface area contributed by atoms with E-state index in [-0.39, 0.29) is 17.9 Å². The van der Waals surface area contributed by atoms with E-state index in [1.54, 1.807) is 19.1 Å². The lowest BCUT2D eigenvalue weighted by Crippen LogP contribution is -2.20. The third-order valence-electron chi connectivity index (χ3n) is 3.61. The fourth-order valence-electron chi connectivity index (χ4n) is 2.47. The lowest BCUT2D eigenvalue weighted by molar-refractivity contribution is -0.143. The second-order valence-corrected chi connectivity index (χ2v) is 5.51. The van der Waals surface area contributed by atoms with Crippen molar-refractivity contribution in [1.82, 2.24) is 9.55 Å². The van der Waals surface area contributed by atoms with Crippen LogP contribution >= 0.6 is 12.2 Å². The zero-order valence-corrected chi connectivity index (χ0v) is 15.8. The van der Waals surface area contributed by atoms with Crippen molar-refractivity contribution in [3.05, 3.63) is 33.3 Å². The minimum Gasteiger partial charge on any atom is -0.496 e. The molecule has 0 spiro atoms. The molecule has 1 aromatic heterocycles. The Bertz CT molecular complexity index is 918. The van der Waals surface area contributed by atoms with Gasteiger partial charge in [-0.2, -0.15) is 0 Å². The number of nitrogens with zero attached hydrogens (tertiary/aromatic N) is 1. The van der Waals surface area contributed by atoms with Gasteiger partial charge >= 0.3 is 5.97 Å². The molecule has 2 rings (SSSR count). The molecule has 1 aromatic carbocycles. The number of ether oxygens (including phenoxy) is 4. The molecule has 0 bridgehead atoms. The first-order valence-electron chi connectivity index (χ1n) is 7.75. The predicted molar refractivity (Wildman–Crippen MR) is 97.6 cm³/mol. The van der Waals surface area contributed by atoms with Crippen LogP contribution in [0.2, 0.25) is 0 Å². The van der Waals surface area contributed by atoms with Crippen molar-refractivity contribution in [3.8, 4) is 28.5 Å². The number of esters is 1. The molecule has 0 saturated heterocycles. The number of benzene rings is 1. The van der Waals surface area contributed by atoms with E-state index in [1.807, 2.05) is 0 Å². The van der Waals surface area contributed by atoms with E-state index in [2.05, 4.69) is 4.98 Å². The van der Waals surface area contributed by atoms with Crippen molar-refractivity contribution in [2.75, 3.05) is 27.9 Å². The van der Waals surface area contributed by atoms with Crippen molar-refractivity contribution in [2.45, 2.75) is 13.5 Å². The molecular formula is C17H20N2O6S. The highest BCUT2D eigenvalue weighted by Gasteiger charge is 2.18. The van der Waals surface area contributed by atoms with Crippen LogP contribution in [0.5, 0.6) is 17.2 Å². The highest BCUT2D eigenvalue weighted by molar-refractivity contribution is 7.71. The number of carbonyl (C=O) groups is 1. The predicted octanol–water partition coefficient (Wildman–Crippen LogP) is 2.16. The third kappa shape index (κ3) is 4.05. The summed E-state index contributed by atoms with van der Waals surface area (Å²) >= 11 is 5.22. The number of H-pyrrole nitrogens is 1. The number of hydrogen-bond donors (Lipinski definition) is 1. The summed E-state index contributed by atoms with van der Waals surface area (Å²) in [6.07, 6.45) is 0. The van der Waals surface area contributed by atoms with Crippen LogP contribution in [-0.2, 0) is 16.1 Å². The molecule has 0 unspecified atom stereocenters. The minimum atomic E-state index is -0.476. The lowest BCUT2D eigenvalue weighted by atomic mass is 10.1. The highest BCUT2D eigenvalue weighted by atomic mass is 32.1. The van der Waals surface area contributed by atoms with Crippen molar-refractivity contribution >= 4 is 18.2 Å². The molecule has 0 aliphatic heterocycles. The van der Waals surface area contributed by atoms with Gasteiger partial charge in [0.25, 0.3) is 5.56 Å². The molecule has 8 nitrogen and oxygen atoms in total. The topological polar surface area (TPSA) is 91.8 Å². The Morgan fingerprint density at radius 1 is 1.08 bits per heavy atom. The molecule has 0 amide bonds. The van der Waals surface area contributed by atoms with Gasteiger partial charge in [0, 0.05) is 17.7 Å². The van der Waals surface area contributed by atoms with Crippen LogP contribution in [0.15, 0.2) is 23.0 Å². The average molecular weight is 380 g/mol. The molecule has 0 saturated carbocycles. The van der Waals surface area contributed by atoms with Crippen molar-refractivity contribution in [1.29, 1.82) is 0 Å². The fourth-order valence-corrected chi connectivity index (χ4v) is 2.73. The van der Waals surface area contributed by atoms with Crippen molar-refractivity contribution in [3.63, 3.8) is 0 Å².